The van der Waals surface area contributed by atoms with E-state index in [1.54, 1.807) is 0 Å². The zero-order valence-corrected chi connectivity index (χ0v) is 14.0. The molecule has 3 rings (SSSR count). The first-order chi connectivity index (χ1) is 11.7. The average Bonchev–Trinajstić information content (AvgIpc) is 2.65. The summed E-state index contributed by atoms with van der Waals surface area (Å²) in [7, 11) is 0. The molecule has 0 aromatic heterocycles. The molecule has 0 heterocycles. The molecule has 0 aliphatic rings. The fourth-order valence-corrected chi connectivity index (χ4v) is 3.13. The fraction of sp³-hybridized carbons (Fsp3) is 0.182. The molecule has 0 atom stereocenters. The molecule has 0 unspecified atom stereocenters. The maximum absolute atomic E-state index is 12.7. The molecule has 3 aromatic rings. The highest BCUT2D eigenvalue weighted by Crippen LogP contribution is 2.36. The van der Waals surface area contributed by atoms with Crippen LogP contribution in [0.1, 0.15) is 47.4 Å². The standard InChI is InChI=1S/C22H20O2/c1-3-19(23)18-14-16-12-8-9-13-17(16)21(22(18)20(24)4-2)15-10-6-5-7-11-15/h5-14H,3-4H2,1-2H3. The smallest absolute Gasteiger partial charge is 0.163 e. The van der Waals surface area contributed by atoms with Crippen molar-refractivity contribution >= 4 is 22.3 Å². The minimum Gasteiger partial charge on any atom is -0.294 e. The minimum atomic E-state index is 0.00901. The molecule has 24 heavy (non-hydrogen) atoms. The second-order valence-electron chi connectivity index (χ2n) is 5.81. The van der Waals surface area contributed by atoms with Crippen LogP contribution in [0.4, 0.5) is 0 Å². The molecule has 3 aromatic carbocycles. The molecule has 0 N–H and O–H groups in total. The molecule has 120 valence electrons. The van der Waals surface area contributed by atoms with Crippen LogP contribution in [0, 0.1) is 0 Å². The van der Waals surface area contributed by atoms with Gasteiger partial charge in [0.1, 0.15) is 0 Å². The Morgan fingerprint density at radius 1 is 0.792 bits per heavy atom. The van der Waals surface area contributed by atoms with Crippen molar-refractivity contribution < 1.29 is 9.59 Å². The average molecular weight is 316 g/mol. The van der Waals surface area contributed by atoms with E-state index in [1.807, 2.05) is 74.5 Å². The van der Waals surface area contributed by atoms with Crippen LogP contribution >= 0.6 is 0 Å². The van der Waals surface area contributed by atoms with Gasteiger partial charge < -0.3 is 0 Å². The van der Waals surface area contributed by atoms with Crippen molar-refractivity contribution in [2.24, 2.45) is 0 Å². The third-order valence-corrected chi connectivity index (χ3v) is 4.33. The molecular weight excluding hydrogens is 296 g/mol. The van der Waals surface area contributed by atoms with Crippen molar-refractivity contribution in [1.82, 2.24) is 0 Å². The van der Waals surface area contributed by atoms with Crippen molar-refractivity contribution in [3.63, 3.8) is 0 Å². The lowest BCUT2D eigenvalue weighted by atomic mass is 9.85. The van der Waals surface area contributed by atoms with E-state index in [2.05, 4.69) is 0 Å². The van der Waals surface area contributed by atoms with Crippen molar-refractivity contribution in [2.45, 2.75) is 26.7 Å². The van der Waals surface area contributed by atoms with Crippen LogP contribution in [0.25, 0.3) is 21.9 Å². The predicted octanol–water partition coefficient (Wildman–Crippen LogP) is 5.69. The lowest BCUT2D eigenvalue weighted by Crippen LogP contribution is -2.10. The Labute approximate surface area is 142 Å². The zero-order valence-electron chi connectivity index (χ0n) is 14.0. The number of ketones is 2. The number of carbonyl (C=O) groups is 2. The van der Waals surface area contributed by atoms with Gasteiger partial charge in [0.15, 0.2) is 11.6 Å². The Kier molecular flexibility index (Phi) is 4.57. The topological polar surface area (TPSA) is 34.1 Å². The summed E-state index contributed by atoms with van der Waals surface area (Å²) < 4.78 is 0. The van der Waals surface area contributed by atoms with Gasteiger partial charge in [-0.1, -0.05) is 68.4 Å². The molecule has 0 radical (unpaired) electrons. The third kappa shape index (κ3) is 2.76. The highest BCUT2D eigenvalue weighted by molar-refractivity contribution is 6.18. The summed E-state index contributed by atoms with van der Waals surface area (Å²) in [5, 5.41) is 1.99. The monoisotopic (exact) mass is 316 g/mol. The van der Waals surface area contributed by atoms with E-state index in [-0.39, 0.29) is 11.6 Å². The summed E-state index contributed by atoms with van der Waals surface area (Å²) in [5.41, 5.74) is 2.95. The summed E-state index contributed by atoms with van der Waals surface area (Å²) in [6, 6.07) is 19.7. The van der Waals surface area contributed by atoms with Crippen molar-refractivity contribution in [1.29, 1.82) is 0 Å². The number of fused-ring (bicyclic) bond motifs is 1. The van der Waals surface area contributed by atoms with Crippen LogP contribution in [0.3, 0.4) is 0 Å². The molecule has 2 nitrogen and oxygen atoms in total. The van der Waals surface area contributed by atoms with E-state index in [0.717, 1.165) is 21.9 Å². The van der Waals surface area contributed by atoms with E-state index in [1.165, 1.54) is 0 Å². The highest BCUT2D eigenvalue weighted by Gasteiger charge is 2.22. The first-order valence-corrected chi connectivity index (χ1v) is 8.34. The number of carbonyl (C=O) groups excluding carboxylic acids is 2. The van der Waals surface area contributed by atoms with E-state index in [9.17, 15) is 9.59 Å². The SMILES string of the molecule is CCC(=O)c1cc2ccccc2c(-c2ccccc2)c1C(=O)CC. The molecule has 0 saturated heterocycles. The maximum Gasteiger partial charge on any atom is 0.163 e. The Morgan fingerprint density at radius 2 is 1.42 bits per heavy atom. The molecule has 2 heteroatoms. The number of hydrogen-bond acceptors (Lipinski definition) is 2. The molecule has 0 bridgehead atoms. The maximum atomic E-state index is 12.7. The van der Waals surface area contributed by atoms with E-state index in [4.69, 9.17) is 0 Å². The van der Waals surface area contributed by atoms with Gasteiger partial charge in [-0.15, -0.1) is 0 Å². The number of hydrogen-bond donors (Lipinski definition) is 0. The second-order valence-corrected chi connectivity index (χ2v) is 5.81. The lowest BCUT2D eigenvalue weighted by molar-refractivity contribution is 0.0956. The minimum absolute atomic E-state index is 0.00901. The summed E-state index contributed by atoms with van der Waals surface area (Å²) in [6.07, 6.45) is 0.763. The fourth-order valence-electron chi connectivity index (χ4n) is 3.13. The van der Waals surface area contributed by atoms with Crippen LogP contribution < -0.4 is 0 Å². The molecule has 0 amide bonds. The van der Waals surface area contributed by atoms with Crippen LogP contribution in [-0.2, 0) is 0 Å². The molecule has 0 aliphatic heterocycles. The van der Waals surface area contributed by atoms with Gasteiger partial charge in [0.25, 0.3) is 0 Å². The lowest BCUT2D eigenvalue weighted by Gasteiger charge is -2.16. The Balaban J connectivity index is 2.49. The van der Waals surface area contributed by atoms with Crippen LogP contribution in [-0.4, -0.2) is 11.6 Å². The Morgan fingerprint density at radius 3 is 2.08 bits per heavy atom. The third-order valence-electron chi connectivity index (χ3n) is 4.33. The van der Waals surface area contributed by atoms with Gasteiger partial charge in [-0.2, -0.15) is 0 Å². The summed E-state index contributed by atoms with van der Waals surface area (Å²) >= 11 is 0. The molecule has 0 spiro atoms. The van der Waals surface area contributed by atoms with Gasteiger partial charge >= 0.3 is 0 Å². The van der Waals surface area contributed by atoms with Gasteiger partial charge in [-0.3, -0.25) is 9.59 Å². The van der Waals surface area contributed by atoms with Gasteiger partial charge in [-0.05, 0) is 22.4 Å². The van der Waals surface area contributed by atoms with Gasteiger partial charge in [0.2, 0.25) is 0 Å². The van der Waals surface area contributed by atoms with E-state index >= 15 is 0 Å². The second kappa shape index (κ2) is 6.79. The van der Waals surface area contributed by atoms with Crippen LogP contribution in [0.15, 0.2) is 60.7 Å². The van der Waals surface area contributed by atoms with Gasteiger partial charge in [0.05, 0.1) is 0 Å². The number of Topliss-reactive ketones (excluding diaryl/α,β-unsaturated/α-hetero) is 2. The van der Waals surface area contributed by atoms with Crippen molar-refractivity contribution in [3.05, 3.63) is 71.8 Å². The number of benzene rings is 3. The van der Waals surface area contributed by atoms with Crippen molar-refractivity contribution in [3.8, 4) is 11.1 Å². The summed E-state index contributed by atoms with van der Waals surface area (Å²) in [5.74, 6) is 0.0196. The largest absolute Gasteiger partial charge is 0.294 e. The summed E-state index contributed by atoms with van der Waals surface area (Å²) in [6.45, 7) is 3.67. The predicted molar refractivity (Wildman–Crippen MR) is 98.6 cm³/mol. The normalized spacial score (nSPS) is 10.8. The van der Waals surface area contributed by atoms with E-state index in [0.29, 0.717) is 24.0 Å². The number of rotatable bonds is 5. The summed E-state index contributed by atoms with van der Waals surface area (Å²) in [4.78, 5) is 25.3. The quantitative estimate of drug-likeness (QED) is 0.566. The Bertz CT molecular complexity index is 908. The molecule has 0 saturated carbocycles. The van der Waals surface area contributed by atoms with E-state index < -0.39 is 0 Å². The van der Waals surface area contributed by atoms with Gasteiger partial charge in [0, 0.05) is 29.5 Å². The van der Waals surface area contributed by atoms with Gasteiger partial charge in [-0.25, -0.2) is 0 Å². The molecular formula is C22H20O2. The van der Waals surface area contributed by atoms with Crippen molar-refractivity contribution in [2.75, 3.05) is 0 Å². The Hall–Kier alpha value is -2.74. The first-order valence-electron chi connectivity index (χ1n) is 8.34. The molecule has 0 fully saturated rings. The van der Waals surface area contributed by atoms with Crippen LogP contribution in [0.5, 0.6) is 0 Å². The zero-order chi connectivity index (χ0) is 17.1. The molecule has 0 aliphatic carbocycles. The highest BCUT2D eigenvalue weighted by atomic mass is 16.1. The van der Waals surface area contributed by atoms with Crippen LogP contribution in [0.2, 0.25) is 0 Å². The first kappa shape index (κ1) is 16.1.